The Morgan fingerprint density at radius 2 is 2.33 bits per heavy atom. The highest BCUT2D eigenvalue weighted by Gasteiger charge is 2.28. The Morgan fingerprint density at radius 1 is 1.53 bits per heavy atom. The van der Waals surface area contributed by atoms with Gasteiger partial charge in [-0.05, 0) is 26.2 Å². The summed E-state index contributed by atoms with van der Waals surface area (Å²) >= 11 is 0. The molecule has 0 aromatic heterocycles. The summed E-state index contributed by atoms with van der Waals surface area (Å²) < 4.78 is 10.8. The van der Waals surface area contributed by atoms with E-state index in [-0.39, 0.29) is 17.8 Å². The number of rotatable bonds is 6. The van der Waals surface area contributed by atoms with Crippen LogP contribution in [0.3, 0.4) is 0 Å². The Morgan fingerprint density at radius 3 is 2.87 bits per heavy atom. The molecule has 1 rings (SSSR count). The quantitative estimate of drug-likeness (QED) is 0.680. The van der Waals surface area contributed by atoms with Gasteiger partial charge in [-0.25, -0.2) is 0 Å². The summed E-state index contributed by atoms with van der Waals surface area (Å²) in [4.78, 5) is 12.1. The summed E-state index contributed by atoms with van der Waals surface area (Å²) in [6, 6.07) is 0. The van der Waals surface area contributed by atoms with Crippen molar-refractivity contribution in [3.63, 3.8) is 0 Å². The molecule has 2 unspecified atom stereocenters. The van der Waals surface area contributed by atoms with Crippen LogP contribution in [0.15, 0.2) is 0 Å². The monoisotopic (exact) mass is 214 g/mol. The molecule has 0 N–H and O–H groups in total. The zero-order valence-corrected chi connectivity index (χ0v) is 9.83. The predicted octanol–water partition coefficient (Wildman–Crippen LogP) is 2.19. The second-order valence-electron chi connectivity index (χ2n) is 4.05. The van der Waals surface area contributed by atoms with Crippen molar-refractivity contribution in [1.82, 2.24) is 0 Å². The smallest absolute Gasteiger partial charge is 0.166 e. The van der Waals surface area contributed by atoms with Crippen molar-refractivity contribution in [2.24, 2.45) is 5.92 Å². The fraction of sp³-hybridized carbons (Fsp3) is 0.917. The van der Waals surface area contributed by atoms with Gasteiger partial charge in [0.05, 0.1) is 6.61 Å². The van der Waals surface area contributed by atoms with E-state index in [2.05, 4.69) is 6.92 Å². The van der Waals surface area contributed by atoms with Gasteiger partial charge in [-0.3, -0.25) is 4.79 Å². The van der Waals surface area contributed by atoms with E-state index in [4.69, 9.17) is 9.47 Å². The van der Waals surface area contributed by atoms with Gasteiger partial charge in [0.25, 0.3) is 0 Å². The molecule has 0 saturated carbocycles. The molecule has 88 valence electrons. The van der Waals surface area contributed by atoms with Crippen LogP contribution in [-0.2, 0) is 14.3 Å². The average Bonchev–Trinajstić information content (AvgIpc) is 2.29. The van der Waals surface area contributed by atoms with Crippen LogP contribution in [0.25, 0.3) is 0 Å². The second kappa shape index (κ2) is 6.96. The molecule has 0 radical (unpaired) electrons. The maximum absolute atomic E-state index is 12.1. The third-order valence-electron chi connectivity index (χ3n) is 2.80. The SMILES string of the molecule is CCCC(OCC)C(=O)C1CCCOC1. The Balaban J connectivity index is 2.45. The van der Waals surface area contributed by atoms with Crippen LogP contribution in [0, 0.1) is 5.92 Å². The third-order valence-corrected chi connectivity index (χ3v) is 2.80. The molecular weight excluding hydrogens is 192 g/mol. The molecule has 0 aromatic carbocycles. The number of ether oxygens (including phenoxy) is 2. The molecular formula is C12H22O3. The number of carbonyl (C=O) groups is 1. The first-order valence-electron chi connectivity index (χ1n) is 6.02. The minimum Gasteiger partial charge on any atom is -0.381 e. The van der Waals surface area contributed by atoms with Crippen LogP contribution in [0.4, 0.5) is 0 Å². The first-order valence-corrected chi connectivity index (χ1v) is 6.02. The summed E-state index contributed by atoms with van der Waals surface area (Å²) in [6.45, 7) is 6.02. The van der Waals surface area contributed by atoms with Gasteiger partial charge in [-0.2, -0.15) is 0 Å². The highest BCUT2D eigenvalue weighted by molar-refractivity contribution is 5.85. The highest BCUT2D eigenvalue weighted by Crippen LogP contribution is 2.19. The van der Waals surface area contributed by atoms with E-state index in [9.17, 15) is 4.79 Å². The van der Waals surface area contributed by atoms with Crippen molar-refractivity contribution in [2.45, 2.75) is 45.6 Å². The fourth-order valence-electron chi connectivity index (χ4n) is 2.00. The minimum atomic E-state index is -0.202. The van der Waals surface area contributed by atoms with Crippen LogP contribution in [0.1, 0.15) is 39.5 Å². The maximum atomic E-state index is 12.1. The van der Waals surface area contributed by atoms with Gasteiger partial charge in [0.2, 0.25) is 0 Å². The van der Waals surface area contributed by atoms with Gasteiger partial charge in [-0.1, -0.05) is 13.3 Å². The van der Waals surface area contributed by atoms with Crippen molar-refractivity contribution < 1.29 is 14.3 Å². The van der Waals surface area contributed by atoms with E-state index in [1.807, 2.05) is 6.92 Å². The minimum absolute atomic E-state index is 0.0712. The molecule has 0 aliphatic carbocycles. The van der Waals surface area contributed by atoms with Gasteiger partial charge in [-0.15, -0.1) is 0 Å². The molecule has 2 atom stereocenters. The molecule has 0 aromatic rings. The van der Waals surface area contributed by atoms with Gasteiger partial charge in [0, 0.05) is 19.1 Å². The highest BCUT2D eigenvalue weighted by atomic mass is 16.5. The van der Waals surface area contributed by atoms with Crippen LogP contribution < -0.4 is 0 Å². The lowest BCUT2D eigenvalue weighted by atomic mass is 9.92. The lowest BCUT2D eigenvalue weighted by Crippen LogP contribution is -2.35. The van der Waals surface area contributed by atoms with Crippen molar-refractivity contribution in [2.75, 3.05) is 19.8 Å². The van der Waals surface area contributed by atoms with Gasteiger partial charge < -0.3 is 9.47 Å². The van der Waals surface area contributed by atoms with E-state index >= 15 is 0 Å². The van der Waals surface area contributed by atoms with Crippen LogP contribution >= 0.6 is 0 Å². The summed E-state index contributed by atoms with van der Waals surface area (Å²) in [5, 5.41) is 0. The Labute approximate surface area is 92.1 Å². The van der Waals surface area contributed by atoms with Crippen LogP contribution in [-0.4, -0.2) is 31.7 Å². The number of ketones is 1. The lowest BCUT2D eigenvalue weighted by Gasteiger charge is -2.25. The molecule has 1 aliphatic rings. The molecule has 1 fully saturated rings. The first-order chi connectivity index (χ1) is 7.29. The summed E-state index contributed by atoms with van der Waals surface area (Å²) in [5.74, 6) is 0.320. The molecule has 1 saturated heterocycles. The van der Waals surface area contributed by atoms with Crippen molar-refractivity contribution in [1.29, 1.82) is 0 Å². The largest absolute Gasteiger partial charge is 0.381 e. The van der Waals surface area contributed by atoms with Crippen molar-refractivity contribution in [3.05, 3.63) is 0 Å². The molecule has 0 spiro atoms. The van der Waals surface area contributed by atoms with E-state index in [0.717, 1.165) is 32.3 Å². The van der Waals surface area contributed by atoms with Gasteiger partial charge in [0.1, 0.15) is 6.10 Å². The fourth-order valence-corrected chi connectivity index (χ4v) is 2.00. The molecule has 3 nitrogen and oxygen atoms in total. The summed E-state index contributed by atoms with van der Waals surface area (Å²) in [6.07, 6.45) is 3.59. The normalized spacial score (nSPS) is 23.7. The Hall–Kier alpha value is -0.410. The van der Waals surface area contributed by atoms with E-state index in [0.29, 0.717) is 13.2 Å². The number of carbonyl (C=O) groups excluding carboxylic acids is 1. The molecule has 0 amide bonds. The number of hydrogen-bond acceptors (Lipinski definition) is 3. The van der Waals surface area contributed by atoms with Crippen molar-refractivity contribution in [3.8, 4) is 0 Å². The second-order valence-corrected chi connectivity index (χ2v) is 4.05. The Bertz CT molecular complexity index is 179. The lowest BCUT2D eigenvalue weighted by molar-refractivity contribution is -0.138. The summed E-state index contributed by atoms with van der Waals surface area (Å²) in [7, 11) is 0. The standard InChI is InChI=1S/C12H22O3/c1-3-6-11(15-4-2)12(13)10-7-5-8-14-9-10/h10-11H,3-9H2,1-2H3. The number of hydrogen-bond donors (Lipinski definition) is 0. The van der Waals surface area contributed by atoms with E-state index in [1.54, 1.807) is 0 Å². The maximum Gasteiger partial charge on any atom is 0.166 e. The molecule has 3 heteroatoms. The van der Waals surface area contributed by atoms with Gasteiger partial charge in [0.15, 0.2) is 5.78 Å². The zero-order chi connectivity index (χ0) is 11.1. The van der Waals surface area contributed by atoms with Crippen LogP contribution in [0.2, 0.25) is 0 Å². The Kier molecular flexibility index (Phi) is 5.88. The van der Waals surface area contributed by atoms with Crippen LogP contribution in [0.5, 0.6) is 0 Å². The average molecular weight is 214 g/mol. The molecule has 1 heterocycles. The van der Waals surface area contributed by atoms with E-state index in [1.165, 1.54) is 0 Å². The zero-order valence-electron chi connectivity index (χ0n) is 9.83. The summed E-state index contributed by atoms with van der Waals surface area (Å²) in [5.41, 5.74) is 0. The van der Waals surface area contributed by atoms with Gasteiger partial charge >= 0.3 is 0 Å². The number of Topliss-reactive ketones (excluding diaryl/α,β-unsaturated/α-hetero) is 1. The van der Waals surface area contributed by atoms with Crippen molar-refractivity contribution >= 4 is 5.78 Å². The molecule has 0 bridgehead atoms. The molecule has 1 aliphatic heterocycles. The predicted molar refractivity (Wildman–Crippen MR) is 58.9 cm³/mol. The van der Waals surface area contributed by atoms with E-state index < -0.39 is 0 Å². The topological polar surface area (TPSA) is 35.5 Å². The third kappa shape index (κ3) is 3.92. The first kappa shape index (κ1) is 12.7. The molecule has 15 heavy (non-hydrogen) atoms.